The molecule has 4 rings (SSSR count). The van der Waals surface area contributed by atoms with Crippen LogP contribution in [0.1, 0.15) is 57.7 Å². The van der Waals surface area contributed by atoms with Crippen molar-refractivity contribution in [2.24, 2.45) is 0 Å². The fourth-order valence-corrected chi connectivity index (χ4v) is 4.30. The molecule has 0 aliphatic carbocycles. The summed E-state index contributed by atoms with van der Waals surface area (Å²) in [6.45, 7) is 10.1. The third-order valence-corrected chi connectivity index (χ3v) is 6.11. The van der Waals surface area contributed by atoms with Gasteiger partial charge in [-0.1, -0.05) is 31.5 Å². The number of hydrogen-bond acceptors (Lipinski definition) is 5. The average Bonchev–Trinajstić information content (AvgIpc) is 3.30. The first kappa shape index (κ1) is 26.0. The molecule has 0 radical (unpaired) electrons. The number of allylic oxidation sites excluding steroid dienone is 1. The minimum absolute atomic E-state index is 0.305. The summed E-state index contributed by atoms with van der Waals surface area (Å²) in [4.78, 5) is 25.7. The molecule has 2 heterocycles. The van der Waals surface area contributed by atoms with Gasteiger partial charge in [-0.2, -0.15) is 5.10 Å². The van der Waals surface area contributed by atoms with Crippen molar-refractivity contribution in [2.45, 2.75) is 59.6 Å². The molecule has 2 amide bonds. The van der Waals surface area contributed by atoms with Crippen LogP contribution in [0, 0.1) is 6.92 Å². The highest BCUT2D eigenvalue weighted by Gasteiger charge is 2.35. The van der Waals surface area contributed by atoms with Crippen molar-refractivity contribution in [1.29, 1.82) is 0 Å². The summed E-state index contributed by atoms with van der Waals surface area (Å²) in [5, 5.41) is 10.5. The number of nitrogens with one attached hydrogen (secondary N) is 2. The Hall–Kier alpha value is -4.07. The second kappa shape index (κ2) is 11.3. The second-order valence-corrected chi connectivity index (χ2v) is 9.42. The van der Waals surface area contributed by atoms with Crippen molar-refractivity contribution in [2.75, 3.05) is 6.61 Å². The average molecular weight is 503 g/mol. The topological polar surface area (TPSA) is 94.5 Å². The van der Waals surface area contributed by atoms with Gasteiger partial charge in [0.05, 0.1) is 35.7 Å². The van der Waals surface area contributed by atoms with E-state index in [-0.39, 0.29) is 6.10 Å². The Morgan fingerprint density at radius 1 is 1.14 bits per heavy atom. The van der Waals surface area contributed by atoms with Gasteiger partial charge in [-0.15, -0.1) is 0 Å². The minimum Gasteiger partial charge on any atom is -0.493 e. The van der Waals surface area contributed by atoms with E-state index in [1.54, 1.807) is 25.5 Å². The van der Waals surface area contributed by atoms with E-state index < -0.39 is 18.0 Å². The lowest BCUT2D eigenvalue weighted by Gasteiger charge is -2.28. The lowest BCUT2D eigenvalue weighted by Crippen LogP contribution is -2.45. The molecule has 0 bridgehead atoms. The van der Waals surface area contributed by atoms with Crippen LogP contribution in [-0.2, 0) is 9.53 Å². The van der Waals surface area contributed by atoms with Crippen LogP contribution >= 0.6 is 0 Å². The molecule has 1 aromatic heterocycles. The maximum Gasteiger partial charge on any atom is 0.338 e. The van der Waals surface area contributed by atoms with Gasteiger partial charge in [-0.3, -0.25) is 0 Å². The Balaban J connectivity index is 1.83. The summed E-state index contributed by atoms with van der Waals surface area (Å²) in [7, 11) is 0. The molecule has 2 aromatic carbocycles. The van der Waals surface area contributed by atoms with E-state index >= 15 is 0 Å². The Morgan fingerprint density at radius 2 is 1.89 bits per heavy atom. The molecule has 1 aliphatic heterocycles. The maximum atomic E-state index is 13.1. The molecular weight excluding hydrogens is 468 g/mol. The number of unbranched alkanes of at least 4 members (excludes halogenated alkanes) is 1. The third kappa shape index (κ3) is 5.85. The van der Waals surface area contributed by atoms with Gasteiger partial charge in [0.2, 0.25) is 0 Å². The smallest absolute Gasteiger partial charge is 0.338 e. The number of carbonyl (C=O) groups is 2. The molecule has 0 fully saturated rings. The highest BCUT2D eigenvalue weighted by Crippen LogP contribution is 2.36. The fraction of sp³-hybridized carbons (Fsp3) is 0.345. The van der Waals surface area contributed by atoms with E-state index in [9.17, 15) is 9.59 Å². The van der Waals surface area contributed by atoms with Crippen molar-refractivity contribution in [3.8, 4) is 22.7 Å². The number of nitrogens with zero attached hydrogens (tertiary/aromatic N) is 2. The van der Waals surface area contributed by atoms with Crippen LogP contribution in [-0.4, -0.2) is 34.5 Å². The number of aromatic nitrogens is 2. The summed E-state index contributed by atoms with van der Waals surface area (Å²) in [6.07, 6.45) is 3.61. The van der Waals surface area contributed by atoms with Crippen molar-refractivity contribution in [1.82, 2.24) is 20.4 Å². The number of amides is 2. The van der Waals surface area contributed by atoms with Crippen LogP contribution in [0.5, 0.6) is 5.75 Å². The lowest BCUT2D eigenvalue weighted by atomic mass is 9.93. The van der Waals surface area contributed by atoms with Crippen LogP contribution in [0.25, 0.3) is 16.9 Å². The Bertz CT molecular complexity index is 1310. The van der Waals surface area contributed by atoms with Crippen molar-refractivity contribution in [3.05, 3.63) is 77.1 Å². The summed E-state index contributed by atoms with van der Waals surface area (Å²) in [6, 6.07) is 14.5. The van der Waals surface area contributed by atoms with Gasteiger partial charge in [0.15, 0.2) is 0 Å². The zero-order chi connectivity index (χ0) is 26.5. The van der Waals surface area contributed by atoms with Crippen molar-refractivity contribution >= 4 is 12.0 Å². The van der Waals surface area contributed by atoms with Crippen LogP contribution in [0.3, 0.4) is 0 Å². The predicted octanol–water partition coefficient (Wildman–Crippen LogP) is 5.61. The molecule has 0 saturated carbocycles. The summed E-state index contributed by atoms with van der Waals surface area (Å²) in [5.41, 5.74) is 4.83. The minimum atomic E-state index is -0.742. The quantitative estimate of drug-likeness (QED) is 0.293. The number of hydrogen-bond donors (Lipinski definition) is 2. The van der Waals surface area contributed by atoms with Gasteiger partial charge in [-0.05, 0) is 70.0 Å². The number of carbonyl (C=O) groups excluding carboxylic acids is 2. The number of esters is 1. The molecule has 3 aromatic rings. The van der Waals surface area contributed by atoms with E-state index in [1.807, 2.05) is 61.7 Å². The Kier molecular flexibility index (Phi) is 7.96. The highest BCUT2D eigenvalue weighted by molar-refractivity contribution is 5.95. The predicted molar refractivity (Wildman–Crippen MR) is 142 cm³/mol. The molecule has 1 aliphatic rings. The molecule has 2 N–H and O–H groups in total. The summed E-state index contributed by atoms with van der Waals surface area (Å²) < 4.78 is 13.2. The normalized spacial score (nSPS) is 15.4. The molecule has 0 saturated heterocycles. The van der Waals surface area contributed by atoms with Gasteiger partial charge < -0.3 is 20.1 Å². The van der Waals surface area contributed by atoms with Crippen LogP contribution in [0.15, 0.2) is 66.0 Å². The summed E-state index contributed by atoms with van der Waals surface area (Å²) >= 11 is 0. The Labute approximate surface area is 217 Å². The number of rotatable bonds is 9. The van der Waals surface area contributed by atoms with E-state index in [4.69, 9.17) is 14.6 Å². The lowest BCUT2D eigenvalue weighted by molar-refractivity contribution is -0.143. The molecular formula is C29H34N4O4. The highest BCUT2D eigenvalue weighted by atomic mass is 16.5. The number of urea groups is 1. The van der Waals surface area contributed by atoms with E-state index in [2.05, 4.69) is 17.6 Å². The molecule has 1 atom stereocenters. The van der Waals surface area contributed by atoms with E-state index in [1.165, 1.54) is 0 Å². The fourth-order valence-electron chi connectivity index (χ4n) is 4.30. The molecule has 8 nitrogen and oxygen atoms in total. The first-order valence-electron chi connectivity index (χ1n) is 12.7. The first-order chi connectivity index (χ1) is 17.8. The summed E-state index contributed by atoms with van der Waals surface area (Å²) in [5.74, 6) is 0.340. The number of aryl methyl sites for hydroxylation is 1. The van der Waals surface area contributed by atoms with Crippen LogP contribution in [0.4, 0.5) is 4.79 Å². The van der Waals surface area contributed by atoms with Gasteiger partial charge in [0.1, 0.15) is 5.75 Å². The van der Waals surface area contributed by atoms with Gasteiger partial charge in [-0.25, -0.2) is 14.3 Å². The van der Waals surface area contributed by atoms with Gasteiger partial charge in [0.25, 0.3) is 0 Å². The monoisotopic (exact) mass is 502 g/mol. The second-order valence-electron chi connectivity index (χ2n) is 9.42. The van der Waals surface area contributed by atoms with Gasteiger partial charge in [0, 0.05) is 23.0 Å². The van der Waals surface area contributed by atoms with Crippen molar-refractivity contribution < 1.29 is 19.1 Å². The van der Waals surface area contributed by atoms with Crippen molar-refractivity contribution in [3.63, 3.8) is 0 Å². The largest absolute Gasteiger partial charge is 0.493 e. The van der Waals surface area contributed by atoms with Crippen LogP contribution < -0.4 is 15.4 Å². The van der Waals surface area contributed by atoms with E-state index in [0.717, 1.165) is 35.4 Å². The SMILES string of the molecule is CCCCOc1ccc(-c2nn(-c3ccccc3)cc2[C@H]2NC(=O)NC(C)=C2C(=O)OC(C)C)cc1C. The first-order valence-corrected chi connectivity index (χ1v) is 12.7. The maximum absolute atomic E-state index is 13.1. The zero-order valence-electron chi connectivity index (χ0n) is 22.0. The molecule has 37 heavy (non-hydrogen) atoms. The molecule has 0 unspecified atom stereocenters. The standard InChI is InChI=1S/C29H34N4O4/c1-6-7-15-36-24-14-13-21(16-19(24)4)26-23(17-33(32-26)22-11-9-8-10-12-22)27-25(28(34)37-18(2)3)20(5)30-29(35)31-27/h8-14,16-18,27H,6-7,15H2,1-5H3,(H2,30,31,35)/t27-/m1/s1. The molecule has 0 spiro atoms. The molecule has 8 heteroatoms. The van der Waals surface area contributed by atoms with E-state index in [0.29, 0.717) is 29.1 Å². The number of para-hydroxylation sites is 1. The number of benzene rings is 2. The van der Waals surface area contributed by atoms with Crippen LogP contribution in [0.2, 0.25) is 0 Å². The van der Waals surface area contributed by atoms with Gasteiger partial charge >= 0.3 is 12.0 Å². The third-order valence-electron chi connectivity index (χ3n) is 6.11. The Morgan fingerprint density at radius 3 is 2.57 bits per heavy atom. The number of ether oxygens (including phenoxy) is 2. The zero-order valence-corrected chi connectivity index (χ0v) is 22.0. The molecule has 194 valence electrons.